The SMILES string of the molecule is CS(=O)(=O)c1cc(C(=O)N2CCN(c3ccccc3F)CC2)cc([N+](=O)[O-])c1. The maximum Gasteiger partial charge on any atom is 0.271 e. The fourth-order valence-corrected chi connectivity index (χ4v) is 3.74. The molecule has 0 aliphatic carbocycles. The Morgan fingerprint density at radius 2 is 1.75 bits per heavy atom. The Morgan fingerprint density at radius 1 is 1.11 bits per heavy atom. The van der Waals surface area contributed by atoms with E-state index in [1.807, 2.05) is 4.90 Å². The molecule has 0 N–H and O–H groups in total. The molecule has 0 aromatic heterocycles. The molecule has 0 bridgehead atoms. The molecule has 3 rings (SSSR count). The van der Waals surface area contributed by atoms with Crippen LogP contribution < -0.4 is 4.90 Å². The van der Waals surface area contributed by atoms with Crippen molar-refractivity contribution in [1.82, 2.24) is 4.90 Å². The number of anilines is 1. The predicted molar refractivity (Wildman–Crippen MR) is 101 cm³/mol. The summed E-state index contributed by atoms with van der Waals surface area (Å²) in [5.74, 6) is -0.847. The molecule has 1 aliphatic heterocycles. The van der Waals surface area contributed by atoms with E-state index in [1.165, 1.54) is 11.0 Å². The second-order valence-corrected chi connectivity index (χ2v) is 8.49. The van der Waals surface area contributed by atoms with E-state index in [0.29, 0.717) is 18.8 Å². The Balaban J connectivity index is 1.81. The van der Waals surface area contributed by atoms with E-state index in [2.05, 4.69) is 0 Å². The lowest BCUT2D eigenvalue weighted by Crippen LogP contribution is -2.49. The Bertz CT molecular complexity index is 1030. The van der Waals surface area contributed by atoms with Crippen LogP contribution in [0.5, 0.6) is 0 Å². The van der Waals surface area contributed by atoms with E-state index in [4.69, 9.17) is 0 Å². The van der Waals surface area contributed by atoms with Crippen LogP contribution >= 0.6 is 0 Å². The summed E-state index contributed by atoms with van der Waals surface area (Å²) in [5, 5.41) is 11.1. The molecule has 28 heavy (non-hydrogen) atoms. The lowest BCUT2D eigenvalue weighted by molar-refractivity contribution is -0.385. The first kappa shape index (κ1) is 19.7. The summed E-state index contributed by atoms with van der Waals surface area (Å²) in [5.41, 5.74) is -0.0745. The number of nitro groups is 1. The number of sulfone groups is 1. The summed E-state index contributed by atoms with van der Waals surface area (Å²) in [7, 11) is -3.72. The molecular weight excluding hydrogens is 389 g/mol. The summed E-state index contributed by atoms with van der Waals surface area (Å²) in [6.45, 7) is 1.34. The summed E-state index contributed by atoms with van der Waals surface area (Å²) in [6.07, 6.45) is 0.924. The molecule has 0 radical (unpaired) electrons. The molecule has 0 unspecified atom stereocenters. The zero-order chi connectivity index (χ0) is 20.5. The van der Waals surface area contributed by atoms with Gasteiger partial charge < -0.3 is 9.80 Å². The van der Waals surface area contributed by atoms with Gasteiger partial charge in [-0.05, 0) is 18.2 Å². The minimum Gasteiger partial charge on any atom is -0.366 e. The van der Waals surface area contributed by atoms with Gasteiger partial charge in [0.05, 0.1) is 15.5 Å². The smallest absolute Gasteiger partial charge is 0.271 e. The predicted octanol–water partition coefficient (Wildman–Crippen LogP) is 2.10. The van der Waals surface area contributed by atoms with Crippen molar-refractivity contribution in [2.75, 3.05) is 37.3 Å². The van der Waals surface area contributed by atoms with Crippen molar-refractivity contribution in [2.24, 2.45) is 0 Å². The highest BCUT2D eigenvalue weighted by Crippen LogP contribution is 2.24. The lowest BCUT2D eigenvalue weighted by Gasteiger charge is -2.36. The third-order valence-electron chi connectivity index (χ3n) is 4.54. The highest BCUT2D eigenvalue weighted by molar-refractivity contribution is 7.90. The van der Waals surface area contributed by atoms with E-state index in [9.17, 15) is 27.7 Å². The van der Waals surface area contributed by atoms with Gasteiger partial charge >= 0.3 is 0 Å². The van der Waals surface area contributed by atoms with Gasteiger partial charge in [-0.15, -0.1) is 0 Å². The molecule has 2 aromatic rings. The number of benzene rings is 2. The van der Waals surface area contributed by atoms with Crippen LogP contribution in [0, 0.1) is 15.9 Å². The molecule has 0 spiro atoms. The fourth-order valence-electron chi connectivity index (χ4n) is 3.07. The maximum atomic E-state index is 13.9. The average molecular weight is 407 g/mol. The number of nitro benzene ring substituents is 1. The summed E-state index contributed by atoms with van der Waals surface area (Å²) >= 11 is 0. The molecule has 10 heteroatoms. The highest BCUT2D eigenvalue weighted by Gasteiger charge is 2.26. The van der Waals surface area contributed by atoms with Crippen molar-refractivity contribution >= 4 is 27.1 Å². The molecule has 1 amide bonds. The second kappa shape index (κ2) is 7.55. The van der Waals surface area contributed by atoms with Crippen LogP contribution in [-0.2, 0) is 9.84 Å². The molecule has 1 aliphatic rings. The van der Waals surface area contributed by atoms with Crippen LogP contribution in [0.15, 0.2) is 47.4 Å². The monoisotopic (exact) mass is 407 g/mol. The summed E-state index contributed by atoms with van der Waals surface area (Å²) < 4.78 is 37.5. The van der Waals surface area contributed by atoms with Gasteiger partial charge in [0.1, 0.15) is 5.82 Å². The standard InChI is InChI=1S/C18H18FN3O5S/c1-28(26,27)15-11-13(10-14(12-15)22(24)25)18(23)21-8-6-20(7-9-21)17-5-3-2-4-16(17)19/h2-5,10-12H,6-9H2,1H3. The van der Waals surface area contributed by atoms with Crippen molar-refractivity contribution in [3.63, 3.8) is 0 Å². The van der Waals surface area contributed by atoms with Crippen LogP contribution in [0.25, 0.3) is 0 Å². The van der Waals surface area contributed by atoms with Crippen LogP contribution in [0.2, 0.25) is 0 Å². The maximum absolute atomic E-state index is 13.9. The van der Waals surface area contributed by atoms with Gasteiger partial charge in [0.15, 0.2) is 9.84 Å². The van der Waals surface area contributed by atoms with Gasteiger partial charge in [0.2, 0.25) is 0 Å². The Morgan fingerprint density at radius 3 is 2.32 bits per heavy atom. The quantitative estimate of drug-likeness (QED) is 0.568. The molecule has 1 heterocycles. The first-order chi connectivity index (χ1) is 13.2. The molecule has 1 saturated heterocycles. The molecule has 2 aromatic carbocycles. The van der Waals surface area contributed by atoms with Crippen molar-refractivity contribution in [2.45, 2.75) is 4.90 Å². The zero-order valence-corrected chi connectivity index (χ0v) is 15.9. The van der Waals surface area contributed by atoms with Crippen LogP contribution in [0.1, 0.15) is 10.4 Å². The van der Waals surface area contributed by atoms with Crippen molar-refractivity contribution in [1.29, 1.82) is 0 Å². The van der Waals surface area contributed by atoms with E-state index < -0.39 is 26.4 Å². The normalized spacial score (nSPS) is 14.8. The van der Waals surface area contributed by atoms with Gasteiger partial charge in [-0.2, -0.15) is 0 Å². The van der Waals surface area contributed by atoms with E-state index in [-0.39, 0.29) is 29.4 Å². The fraction of sp³-hybridized carbons (Fsp3) is 0.278. The van der Waals surface area contributed by atoms with E-state index in [1.54, 1.807) is 18.2 Å². The number of carbonyl (C=O) groups excluding carboxylic acids is 1. The number of halogens is 1. The van der Waals surface area contributed by atoms with Gasteiger partial charge in [-0.25, -0.2) is 12.8 Å². The minimum atomic E-state index is -3.72. The number of piperazine rings is 1. The summed E-state index contributed by atoms with van der Waals surface area (Å²) in [6, 6.07) is 9.50. The van der Waals surface area contributed by atoms with E-state index >= 15 is 0 Å². The molecule has 1 fully saturated rings. The molecule has 0 atom stereocenters. The van der Waals surface area contributed by atoms with Crippen molar-refractivity contribution in [3.05, 3.63) is 64.0 Å². The molecule has 148 valence electrons. The number of non-ortho nitro benzene ring substituents is 1. The lowest BCUT2D eigenvalue weighted by atomic mass is 10.1. The number of carbonyl (C=O) groups is 1. The van der Waals surface area contributed by atoms with Crippen LogP contribution in [0.3, 0.4) is 0 Å². The van der Waals surface area contributed by atoms with Crippen LogP contribution in [-0.4, -0.2) is 56.6 Å². The first-order valence-electron chi connectivity index (χ1n) is 8.45. The van der Waals surface area contributed by atoms with E-state index in [0.717, 1.165) is 24.5 Å². The Hall–Kier alpha value is -3.01. The van der Waals surface area contributed by atoms with Gasteiger partial charge in [-0.3, -0.25) is 14.9 Å². The van der Waals surface area contributed by atoms with Gasteiger partial charge in [0.25, 0.3) is 11.6 Å². The minimum absolute atomic E-state index is 0.0611. The largest absolute Gasteiger partial charge is 0.366 e. The second-order valence-electron chi connectivity index (χ2n) is 6.48. The Kier molecular flexibility index (Phi) is 5.32. The number of hydrogen-bond acceptors (Lipinski definition) is 6. The van der Waals surface area contributed by atoms with Gasteiger partial charge in [-0.1, -0.05) is 12.1 Å². The molecule has 0 saturated carbocycles. The summed E-state index contributed by atoms with van der Waals surface area (Å²) in [4.78, 5) is 26.2. The van der Waals surface area contributed by atoms with Crippen molar-refractivity contribution in [3.8, 4) is 0 Å². The molecule has 8 nitrogen and oxygen atoms in total. The zero-order valence-electron chi connectivity index (χ0n) is 15.0. The third kappa shape index (κ3) is 4.11. The third-order valence-corrected chi connectivity index (χ3v) is 5.63. The first-order valence-corrected chi connectivity index (χ1v) is 10.3. The number of nitrogens with zero attached hydrogens (tertiary/aromatic N) is 3. The Labute approximate surface area is 161 Å². The van der Waals surface area contributed by atoms with Gasteiger partial charge in [0, 0.05) is 50.1 Å². The number of amides is 1. The van der Waals surface area contributed by atoms with Crippen LogP contribution in [0.4, 0.5) is 15.8 Å². The number of rotatable bonds is 4. The topological polar surface area (TPSA) is 101 Å². The van der Waals surface area contributed by atoms with Crippen molar-refractivity contribution < 1.29 is 22.5 Å². The molecular formula is C18H18FN3O5S. The highest BCUT2D eigenvalue weighted by atomic mass is 32.2. The average Bonchev–Trinajstić information content (AvgIpc) is 2.67. The number of hydrogen-bond donors (Lipinski definition) is 0. The number of para-hydroxylation sites is 1.